The van der Waals surface area contributed by atoms with Gasteiger partial charge in [-0.1, -0.05) is 0 Å². The largest absolute Gasteiger partial charge is 0.362 e. The lowest BCUT2D eigenvalue weighted by Crippen LogP contribution is -2.34. The molecule has 2 aliphatic carbocycles. The molecule has 1 heterocycles. The van der Waals surface area contributed by atoms with Crippen LogP contribution in [0.25, 0.3) is 0 Å². The average Bonchev–Trinajstić information content (AvgIpc) is 2.78. The van der Waals surface area contributed by atoms with Crippen molar-refractivity contribution in [2.45, 2.75) is 57.4 Å². The fraction of sp³-hybridized carbons (Fsp3) is 0.542. The van der Waals surface area contributed by atoms with Crippen LogP contribution in [0.5, 0.6) is 0 Å². The van der Waals surface area contributed by atoms with Crippen molar-refractivity contribution in [3.05, 3.63) is 44.7 Å². The van der Waals surface area contributed by atoms with Crippen molar-refractivity contribution >= 4 is 40.3 Å². The third kappa shape index (κ3) is 5.67. The van der Waals surface area contributed by atoms with Gasteiger partial charge >= 0.3 is 0 Å². The van der Waals surface area contributed by atoms with Crippen LogP contribution in [0.1, 0.15) is 60.1 Å². The topological polar surface area (TPSA) is 70.2 Å². The first-order valence-electron chi connectivity index (χ1n) is 11.4. The Labute approximate surface area is 198 Å². The Morgan fingerprint density at radius 1 is 1.06 bits per heavy atom. The molecule has 1 fully saturated rings. The van der Waals surface area contributed by atoms with E-state index in [2.05, 4.69) is 52.2 Å². The Morgan fingerprint density at radius 2 is 1.77 bits per heavy atom. The predicted octanol–water partition coefficient (Wildman–Crippen LogP) is 4.43. The van der Waals surface area contributed by atoms with Gasteiger partial charge in [-0.3, -0.25) is 4.79 Å². The van der Waals surface area contributed by atoms with Crippen LogP contribution >= 0.6 is 22.6 Å². The number of carbonyl (C=O) groups excluding carboxylic acids is 1. The summed E-state index contributed by atoms with van der Waals surface area (Å²) in [6, 6.07) is 8.12. The van der Waals surface area contributed by atoms with E-state index in [1.54, 1.807) is 0 Å². The van der Waals surface area contributed by atoms with Gasteiger partial charge in [-0.15, -0.1) is 0 Å². The lowest BCUT2D eigenvalue weighted by Gasteiger charge is -2.30. The van der Waals surface area contributed by atoms with Crippen molar-refractivity contribution < 1.29 is 4.79 Å². The highest BCUT2D eigenvalue weighted by molar-refractivity contribution is 14.1. The maximum Gasteiger partial charge on any atom is 0.251 e. The van der Waals surface area contributed by atoms with Crippen molar-refractivity contribution in [2.24, 2.45) is 5.92 Å². The van der Waals surface area contributed by atoms with Gasteiger partial charge in [0.15, 0.2) is 0 Å². The number of fused-ring (bicyclic) bond motifs is 1. The van der Waals surface area contributed by atoms with Crippen LogP contribution in [0.15, 0.2) is 24.3 Å². The molecule has 2 aliphatic rings. The van der Waals surface area contributed by atoms with Gasteiger partial charge in [-0.2, -0.15) is 4.98 Å². The first kappa shape index (κ1) is 22.3. The summed E-state index contributed by atoms with van der Waals surface area (Å²) in [5.74, 6) is 2.40. The summed E-state index contributed by atoms with van der Waals surface area (Å²) in [5, 5.41) is 6.72. The molecule has 1 saturated carbocycles. The molecule has 6 nitrogen and oxygen atoms in total. The summed E-state index contributed by atoms with van der Waals surface area (Å²) in [6.07, 6.45) is 8.97. The van der Waals surface area contributed by atoms with Gasteiger partial charge in [0.2, 0.25) is 5.95 Å². The van der Waals surface area contributed by atoms with Gasteiger partial charge in [0.1, 0.15) is 5.82 Å². The summed E-state index contributed by atoms with van der Waals surface area (Å²) in [4.78, 5) is 24.2. The Bertz CT molecular complexity index is 907. The molecule has 7 heteroatoms. The minimum absolute atomic E-state index is 0.0234. The number of aryl methyl sites for hydroxylation is 1. The van der Waals surface area contributed by atoms with E-state index in [-0.39, 0.29) is 5.91 Å². The fourth-order valence-corrected chi connectivity index (χ4v) is 5.00. The Hall–Kier alpha value is -1.90. The first-order valence-corrected chi connectivity index (χ1v) is 12.4. The first-order chi connectivity index (χ1) is 15.0. The van der Waals surface area contributed by atoms with Gasteiger partial charge in [-0.25, -0.2) is 4.98 Å². The molecule has 2 N–H and O–H groups in total. The maximum atomic E-state index is 12.4. The molecule has 0 spiro atoms. The summed E-state index contributed by atoms with van der Waals surface area (Å²) in [5.41, 5.74) is 3.28. The molecule has 166 valence electrons. The molecule has 1 aromatic carbocycles. The Kier molecular flexibility index (Phi) is 7.30. The number of halogens is 1. The molecule has 0 bridgehead atoms. The third-order valence-electron chi connectivity index (χ3n) is 6.42. The van der Waals surface area contributed by atoms with E-state index in [1.807, 2.05) is 24.3 Å². The molecular formula is C24H32IN5O. The molecule has 0 unspecified atom stereocenters. The van der Waals surface area contributed by atoms with Crippen molar-refractivity contribution in [3.8, 4) is 0 Å². The van der Waals surface area contributed by atoms with E-state index in [4.69, 9.17) is 9.97 Å². The zero-order valence-corrected chi connectivity index (χ0v) is 20.6. The number of carbonyl (C=O) groups is 1. The minimum atomic E-state index is 0.0234. The molecule has 0 radical (unpaired) electrons. The molecule has 2 aromatic rings. The number of hydrogen-bond acceptors (Lipinski definition) is 5. The summed E-state index contributed by atoms with van der Waals surface area (Å²) >= 11 is 2.25. The number of nitrogens with zero attached hydrogens (tertiary/aromatic N) is 3. The van der Waals surface area contributed by atoms with E-state index >= 15 is 0 Å². The van der Waals surface area contributed by atoms with Gasteiger partial charge in [0.05, 0.1) is 5.69 Å². The predicted molar refractivity (Wildman–Crippen MR) is 134 cm³/mol. The quantitative estimate of drug-likeness (QED) is 0.538. The molecule has 0 aliphatic heterocycles. The molecule has 4 rings (SSSR count). The summed E-state index contributed by atoms with van der Waals surface area (Å²) in [6.45, 7) is 0.748. The highest BCUT2D eigenvalue weighted by Gasteiger charge is 2.24. The number of amides is 1. The van der Waals surface area contributed by atoms with Crippen LogP contribution in [-0.4, -0.2) is 42.6 Å². The van der Waals surface area contributed by atoms with E-state index < -0.39 is 0 Å². The molecule has 0 saturated heterocycles. The van der Waals surface area contributed by atoms with Crippen LogP contribution in [-0.2, 0) is 12.8 Å². The van der Waals surface area contributed by atoms with Gasteiger partial charge in [0.25, 0.3) is 5.91 Å². The van der Waals surface area contributed by atoms with Crippen molar-refractivity contribution in [3.63, 3.8) is 0 Å². The zero-order chi connectivity index (χ0) is 21.8. The smallest absolute Gasteiger partial charge is 0.251 e. The average molecular weight is 533 g/mol. The van der Waals surface area contributed by atoms with Gasteiger partial charge in [0, 0.05) is 41.4 Å². The lowest BCUT2D eigenvalue weighted by molar-refractivity contribution is 0.0943. The highest BCUT2D eigenvalue weighted by atomic mass is 127. The number of hydrogen-bond donors (Lipinski definition) is 2. The normalized spacial score (nSPS) is 20.6. The van der Waals surface area contributed by atoms with Crippen LogP contribution in [0, 0.1) is 9.49 Å². The second-order valence-corrected chi connectivity index (χ2v) is 10.2. The monoisotopic (exact) mass is 533 g/mol. The van der Waals surface area contributed by atoms with E-state index in [0.717, 1.165) is 66.0 Å². The number of anilines is 2. The van der Waals surface area contributed by atoms with Crippen LogP contribution in [0.3, 0.4) is 0 Å². The third-order valence-corrected chi connectivity index (χ3v) is 7.14. The van der Waals surface area contributed by atoms with Crippen LogP contribution in [0.4, 0.5) is 11.8 Å². The molecule has 31 heavy (non-hydrogen) atoms. The van der Waals surface area contributed by atoms with Crippen LogP contribution in [0.2, 0.25) is 0 Å². The van der Waals surface area contributed by atoms with Crippen molar-refractivity contribution in [2.75, 3.05) is 30.9 Å². The molecule has 1 amide bonds. The molecule has 1 aromatic heterocycles. The Morgan fingerprint density at radius 3 is 2.48 bits per heavy atom. The Balaban J connectivity index is 1.29. The van der Waals surface area contributed by atoms with Gasteiger partial charge in [-0.05, 0) is 104 Å². The molecule has 0 atom stereocenters. The van der Waals surface area contributed by atoms with E-state index in [9.17, 15) is 4.79 Å². The van der Waals surface area contributed by atoms with E-state index in [0.29, 0.717) is 12.0 Å². The second-order valence-electron chi connectivity index (χ2n) is 8.98. The summed E-state index contributed by atoms with van der Waals surface area (Å²) < 4.78 is 1.14. The number of nitrogens with one attached hydrogen (secondary N) is 2. The number of aromatic nitrogens is 2. The van der Waals surface area contributed by atoms with Crippen molar-refractivity contribution in [1.29, 1.82) is 0 Å². The van der Waals surface area contributed by atoms with Crippen molar-refractivity contribution in [1.82, 2.24) is 15.3 Å². The summed E-state index contributed by atoms with van der Waals surface area (Å²) in [7, 11) is 4.13. The highest BCUT2D eigenvalue weighted by Crippen LogP contribution is 2.30. The fourth-order valence-electron chi connectivity index (χ4n) is 4.64. The lowest BCUT2D eigenvalue weighted by atomic mass is 9.86. The number of benzene rings is 1. The standard InChI is InChI=1S/C24H32IN5O/c1-30(2)22-20-5-3-4-6-21(20)28-24(29-22)27-19-13-7-16(8-14-19)15-26-23(31)17-9-11-18(25)12-10-17/h9-12,16,19H,3-8,13-15H2,1-2H3,(H,26,31)(H,27,28,29)/t16-,19+. The second kappa shape index (κ2) is 10.1. The van der Waals surface area contributed by atoms with Crippen LogP contribution < -0.4 is 15.5 Å². The SMILES string of the molecule is CN(C)c1nc(N[C@H]2CC[C@@H](CNC(=O)c3ccc(I)cc3)CC2)nc2c1CCCC2. The molecular weight excluding hydrogens is 501 g/mol. The van der Waals surface area contributed by atoms with E-state index in [1.165, 1.54) is 24.1 Å². The van der Waals surface area contributed by atoms with Gasteiger partial charge < -0.3 is 15.5 Å². The maximum absolute atomic E-state index is 12.4. The zero-order valence-electron chi connectivity index (χ0n) is 18.5. The number of rotatable bonds is 6. The minimum Gasteiger partial charge on any atom is -0.362 e.